The monoisotopic (exact) mass is 453 g/mol. The van der Waals surface area contributed by atoms with Gasteiger partial charge >= 0.3 is 0 Å². The van der Waals surface area contributed by atoms with Gasteiger partial charge in [-0.3, -0.25) is 0 Å². The van der Waals surface area contributed by atoms with Gasteiger partial charge in [0.2, 0.25) is 0 Å². The topological polar surface area (TPSA) is 52.0 Å². The van der Waals surface area contributed by atoms with Crippen molar-refractivity contribution in [3.8, 4) is 0 Å². The predicted molar refractivity (Wildman–Crippen MR) is 147 cm³/mol. The van der Waals surface area contributed by atoms with Crippen molar-refractivity contribution in [3.63, 3.8) is 0 Å². The molecule has 4 N–H and O–H groups in total. The molecule has 0 aliphatic carbocycles. The zero-order valence-corrected chi connectivity index (χ0v) is 22.5. The summed E-state index contributed by atoms with van der Waals surface area (Å²) in [5.41, 5.74) is 11.9. The van der Waals surface area contributed by atoms with Gasteiger partial charge in [0.15, 0.2) is 0 Å². The van der Waals surface area contributed by atoms with Crippen LogP contribution in [0.4, 0.5) is 0 Å². The molecule has 1 unspecified atom stereocenters. The maximum absolute atomic E-state index is 6.34. The fourth-order valence-electron chi connectivity index (χ4n) is 4.89. The number of hydrogen-bond acceptors (Lipinski definition) is 2. The van der Waals surface area contributed by atoms with Crippen molar-refractivity contribution < 1.29 is 0 Å². The zero-order valence-electron chi connectivity index (χ0n) is 22.5. The van der Waals surface area contributed by atoms with Crippen molar-refractivity contribution in [1.29, 1.82) is 0 Å². The highest BCUT2D eigenvalue weighted by atomic mass is 14.6. The molecule has 0 aromatic rings. The van der Waals surface area contributed by atoms with Crippen LogP contribution in [-0.2, 0) is 0 Å². The Kier molecular flexibility index (Phi) is 28.9. The number of unbranched alkanes of at least 4 members (excludes halogenated alkanes) is 23. The molecule has 0 aliphatic rings. The first-order valence-corrected chi connectivity index (χ1v) is 15.3. The van der Waals surface area contributed by atoms with Gasteiger partial charge in [-0.25, -0.2) is 0 Å². The molecule has 0 aliphatic heterocycles. The van der Waals surface area contributed by atoms with Crippen LogP contribution in [0.2, 0.25) is 0 Å². The molecule has 0 amide bonds. The Labute approximate surface area is 204 Å². The van der Waals surface area contributed by atoms with Crippen molar-refractivity contribution in [2.24, 2.45) is 11.5 Å². The third-order valence-electron chi connectivity index (χ3n) is 7.21. The van der Waals surface area contributed by atoms with E-state index < -0.39 is 0 Å². The molecule has 0 fully saturated rings. The lowest BCUT2D eigenvalue weighted by atomic mass is 10.00. The van der Waals surface area contributed by atoms with Gasteiger partial charge in [-0.1, -0.05) is 161 Å². The van der Waals surface area contributed by atoms with Crippen molar-refractivity contribution in [2.45, 2.75) is 186 Å². The molecule has 0 saturated carbocycles. The standard InChI is InChI=1S/C30H64N2/c1-2-3-4-5-6-7-8-9-10-11-12-15-18-21-24-27-30(32)28-25-22-19-16-13-14-17-20-23-26-29-31/h30H,2-29,31-32H2,1H3. The van der Waals surface area contributed by atoms with E-state index in [1.54, 1.807) is 0 Å². The molecule has 0 radical (unpaired) electrons. The third-order valence-corrected chi connectivity index (χ3v) is 7.21. The highest BCUT2D eigenvalue weighted by Gasteiger charge is 2.02. The predicted octanol–water partition coefficient (Wildman–Crippen LogP) is 9.83. The summed E-state index contributed by atoms with van der Waals surface area (Å²) in [6.45, 7) is 3.16. The van der Waals surface area contributed by atoms with E-state index in [2.05, 4.69) is 6.92 Å². The first kappa shape index (κ1) is 31.9. The van der Waals surface area contributed by atoms with E-state index in [1.165, 1.54) is 173 Å². The van der Waals surface area contributed by atoms with E-state index in [0.29, 0.717) is 6.04 Å². The minimum atomic E-state index is 0.458. The Balaban J connectivity index is 3.12. The molecular weight excluding hydrogens is 388 g/mol. The summed E-state index contributed by atoms with van der Waals surface area (Å²) in [5, 5.41) is 0. The summed E-state index contributed by atoms with van der Waals surface area (Å²) >= 11 is 0. The molecule has 0 heterocycles. The van der Waals surface area contributed by atoms with Gasteiger partial charge in [-0.05, 0) is 25.8 Å². The van der Waals surface area contributed by atoms with Crippen molar-refractivity contribution >= 4 is 0 Å². The Morgan fingerprint density at radius 2 is 0.625 bits per heavy atom. The van der Waals surface area contributed by atoms with Gasteiger partial charge in [-0.15, -0.1) is 0 Å². The van der Waals surface area contributed by atoms with Crippen molar-refractivity contribution in [1.82, 2.24) is 0 Å². The first-order valence-electron chi connectivity index (χ1n) is 15.3. The smallest absolute Gasteiger partial charge is 0.00388 e. The minimum Gasteiger partial charge on any atom is -0.330 e. The highest BCUT2D eigenvalue weighted by Crippen LogP contribution is 2.16. The lowest BCUT2D eigenvalue weighted by Gasteiger charge is -2.11. The van der Waals surface area contributed by atoms with Gasteiger partial charge in [0.25, 0.3) is 0 Å². The second-order valence-electron chi connectivity index (χ2n) is 10.6. The molecule has 0 rings (SSSR count). The van der Waals surface area contributed by atoms with E-state index in [0.717, 1.165) is 6.54 Å². The molecule has 32 heavy (non-hydrogen) atoms. The fourth-order valence-corrected chi connectivity index (χ4v) is 4.89. The van der Waals surface area contributed by atoms with Crippen LogP contribution in [0.5, 0.6) is 0 Å². The summed E-state index contributed by atoms with van der Waals surface area (Å²) < 4.78 is 0. The van der Waals surface area contributed by atoms with Gasteiger partial charge in [0.1, 0.15) is 0 Å². The Bertz CT molecular complexity index is 318. The van der Waals surface area contributed by atoms with E-state index in [4.69, 9.17) is 11.5 Å². The highest BCUT2D eigenvalue weighted by molar-refractivity contribution is 4.62. The average Bonchev–Trinajstić information content (AvgIpc) is 2.80. The van der Waals surface area contributed by atoms with Crippen LogP contribution in [0.1, 0.15) is 180 Å². The average molecular weight is 453 g/mol. The number of rotatable bonds is 28. The Hall–Kier alpha value is -0.0800. The lowest BCUT2D eigenvalue weighted by molar-refractivity contribution is 0.478. The second kappa shape index (κ2) is 29.0. The quantitative estimate of drug-likeness (QED) is 0.116. The minimum absolute atomic E-state index is 0.458. The molecule has 0 bridgehead atoms. The van der Waals surface area contributed by atoms with Crippen LogP contribution in [0, 0.1) is 0 Å². The SMILES string of the molecule is CCCCCCCCCCCCCCCCCC(N)CCCCCCCCCCCCN. The third kappa shape index (κ3) is 28.0. The van der Waals surface area contributed by atoms with Crippen LogP contribution in [0.15, 0.2) is 0 Å². The molecule has 0 aromatic carbocycles. The van der Waals surface area contributed by atoms with E-state index >= 15 is 0 Å². The van der Waals surface area contributed by atoms with Gasteiger partial charge < -0.3 is 11.5 Å². The molecule has 0 saturated heterocycles. The van der Waals surface area contributed by atoms with Gasteiger partial charge in [0, 0.05) is 6.04 Å². The summed E-state index contributed by atoms with van der Waals surface area (Å²) in [6, 6.07) is 0.458. The number of hydrogen-bond donors (Lipinski definition) is 2. The van der Waals surface area contributed by atoms with Crippen molar-refractivity contribution in [3.05, 3.63) is 0 Å². The molecule has 0 spiro atoms. The molecular formula is C30H64N2. The largest absolute Gasteiger partial charge is 0.330 e. The fraction of sp³-hybridized carbons (Fsp3) is 1.00. The zero-order chi connectivity index (χ0) is 23.4. The molecule has 194 valence electrons. The van der Waals surface area contributed by atoms with Gasteiger partial charge in [0.05, 0.1) is 0 Å². The maximum atomic E-state index is 6.34. The van der Waals surface area contributed by atoms with Crippen LogP contribution in [0.3, 0.4) is 0 Å². The van der Waals surface area contributed by atoms with E-state index in [-0.39, 0.29) is 0 Å². The molecule has 2 heteroatoms. The second-order valence-corrected chi connectivity index (χ2v) is 10.6. The lowest BCUT2D eigenvalue weighted by Crippen LogP contribution is -2.19. The Morgan fingerprint density at radius 1 is 0.375 bits per heavy atom. The number of nitrogens with two attached hydrogens (primary N) is 2. The van der Waals surface area contributed by atoms with E-state index in [1.807, 2.05) is 0 Å². The normalized spacial score (nSPS) is 12.5. The molecule has 1 atom stereocenters. The molecule has 2 nitrogen and oxygen atoms in total. The van der Waals surface area contributed by atoms with E-state index in [9.17, 15) is 0 Å². The van der Waals surface area contributed by atoms with Crippen LogP contribution >= 0.6 is 0 Å². The first-order chi connectivity index (χ1) is 15.8. The maximum Gasteiger partial charge on any atom is 0.00388 e. The van der Waals surface area contributed by atoms with Crippen LogP contribution in [0.25, 0.3) is 0 Å². The summed E-state index contributed by atoms with van der Waals surface area (Å²) in [6.07, 6.45) is 37.8. The summed E-state index contributed by atoms with van der Waals surface area (Å²) in [7, 11) is 0. The Morgan fingerprint density at radius 3 is 0.906 bits per heavy atom. The molecule has 0 aromatic heterocycles. The summed E-state index contributed by atoms with van der Waals surface area (Å²) in [4.78, 5) is 0. The van der Waals surface area contributed by atoms with Crippen LogP contribution in [-0.4, -0.2) is 12.6 Å². The van der Waals surface area contributed by atoms with Crippen molar-refractivity contribution in [2.75, 3.05) is 6.54 Å². The summed E-state index contributed by atoms with van der Waals surface area (Å²) in [5.74, 6) is 0. The van der Waals surface area contributed by atoms with Crippen LogP contribution < -0.4 is 11.5 Å². The van der Waals surface area contributed by atoms with Gasteiger partial charge in [-0.2, -0.15) is 0 Å².